The standard InChI is InChI=1S/C21H23N3O5S/c1-24(2)11-12-6-5-7-16-13(12)8-17(23-16)14-9-18(28-3)20(29-30(4,26)27)15-10-22-21(25)19(14)15/h5-9,23H,10-11H2,1-4H3,(H,22,25). The first-order valence-corrected chi connectivity index (χ1v) is 11.2. The first-order chi connectivity index (χ1) is 14.2. The lowest BCUT2D eigenvalue weighted by atomic mass is 9.98. The third-order valence-electron chi connectivity index (χ3n) is 4.98. The van der Waals surface area contributed by atoms with Crippen LogP contribution in [0.1, 0.15) is 21.5 Å². The molecule has 4 rings (SSSR count). The van der Waals surface area contributed by atoms with Crippen LogP contribution in [0.25, 0.3) is 22.2 Å². The molecular formula is C21H23N3O5S. The molecule has 1 aliphatic rings. The molecule has 1 aliphatic heterocycles. The minimum Gasteiger partial charge on any atom is -0.493 e. The first-order valence-electron chi connectivity index (χ1n) is 9.35. The number of amides is 1. The minimum absolute atomic E-state index is 0.0431. The summed E-state index contributed by atoms with van der Waals surface area (Å²) >= 11 is 0. The van der Waals surface area contributed by atoms with E-state index in [4.69, 9.17) is 8.92 Å². The number of nitrogens with one attached hydrogen (secondary N) is 2. The predicted octanol–water partition coefficient (Wildman–Crippen LogP) is 2.49. The molecule has 0 fully saturated rings. The topological polar surface area (TPSA) is 101 Å². The molecule has 2 N–H and O–H groups in total. The predicted molar refractivity (Wildman–Crippen MR) is 114 cm³/mol. The fourth-order valence-corrected chi connectivity index (χ4v) is 4.31. The quantitative estimate of drug-likeness (QED) is 0.584. The van der Waals surface area contributed by atoms with Crippen molar-refractivity contribution in [2.24, 2.45) is 0 Å². The van der Waals surface area contributed by atoms with E-state index in [0.29, 0.717) is 16.7 Å². The van der Waals surface area contributed by atoms with Gasteiger partial charge in [0.05, 0.1) is 18.9 Å². The Labute approximate surface area is 174 Å². The zero-order valence-electron chi connectivity index (χ0n) is 17.2. The zero-order valence-corrected chi connectivity index (χ0v) is 18.0. The number of fused-ring (bicyclic) bond motifs is 2. The lowest BCUT2D eigenvalue weighted by Crippen LogP contribution is -2.13. The van der Waals surface area contributed by atoms with Crippen molar-refractivity contribution in [2.75, 3.05) is 27.5 Å². The van der Waals surface area contributed by atoms with Gasteiger partial charge >= 0.3 is 10.1 Å². The average molecular weight is 429 g/mol. The number of carbonyl (C=O) groups is 1. The summed E-state index contributed by atoms with van der Waals surface area (Å²) in [6, 6.07) is 9.69. The number of nitrogens with zero attached hydrogens (tertiary/aromatic N) is 1. The number of aromatic nitrogens is 1. The van der Waals surface area contributed by atoms with Crippen molar-refractivity contribution in [1.82, 2.24) is 15.2 Å². The Balaban J connectivity index is 1.94. The highest BCUT2D eigenvalue weighted by atomic mass is 32.2. The molecule has 2 aromatic carbocycles. The molecule has 9 heteroatoms. The summed E-state index contributed by atoms with van der Waals surface area (Å²) in [5, 5.41) is 3.81. The summed E-state index contributed by atoms with van der Waals surface area (Å²) in [5.74, 6) is 0.00697. The number of ether oxygens (including phenoxy) is 1. The fraction of sp³-hybridized carbons (Fsp3) is 0.286. The van der Waals surface area contributed by atoms with Crippen molar-refractivity contribution in [3.8, 4) is 22.8 Å². The molecule has 30 heavy (non-hydrogen) atoms. The van der Waals surface area contributed by atoms with Crippen LogP contribution in [0.3, 0.4) is 0 Å². The monoisotopic (exact) mass is 429 g/mol. The summed E-state index contributed by atoms with van der Waals surface area (Å²) in [6.07, 6.45) is 0.959. The third-order valence-corrected chi connectivity index (χ3v) is 5.45. The van der Waals surface area contributed by atoms with E-state index < -0.39 is 10.1 Å². The summed E-state index contributed by atoms with van der Waals surface area (Å²) in [5.41, 5.74) is 4.33. The van der Waals surface area contributed by atoms with Crippen LogP contribution in [-0.2, 0) is 23.2 Å². The van der Waals surface area contributed by atoms with E-state index in [1.54, 1.807) is 6.07 Å². The number of carbonyl (C=O) groups excluding carboxylic acids is 1. The van der Waals surface area contributed by atoms with Gasteiger partial charge in [0.2, 0.25) is 0 Å². The number of aromatic amines is 1. The van der Waals surface area contributed by atoms with Crippen molar-refractivity contribution < 1.29 is 22.1 Å². The maximum atomic E-state index is 12.6. The van der Waals surface area contributed by atoms with Crippen LogP contribution in [-0.4, -0.2) is 51.7 Å². The highest BCUT2D eigenvalue weighted by Crippen LogP contribution is 2.43. The molecule has 0 radical (unpaired) electrons. The van der Waals surface area contributed by atoms with Crippen molar-refractivity contribution in [3.63, 3.8) is 0 Å². The van der Waals surface area contributed by atoms with Crippen LogP contribution in [0.4, 0.5) is 0 Å². The van der Waals surface area contributed by atoms with Gasteiger partial charge < -0.3 is 24.1 Å². The number of methoxy groups -OCH3 is 1. The van der Waals surface area contributed by atoms with Crippen molar-refractivity contribution in [1.29, 1.82) is 0 Å². The Morgan fingerprint density at radius 3 is 2.63 bits per heavy atom. The lowest BCUT2D eigenvalue weighted by Gasteiger charge is -2.15. The molecule has 3 aromatic rings. The van der Waals surface area contributed by atoms with Gasteiger partial charge in [-0.15, -0.1) is 0 Å². The molecule has 8 nitrogen and oxygen atoms in total. The van der Waals surface area contributed by atoms with Crippen LogP contribution in [0.15, 0.2) is 30.3 Å². The van der Waals surface area contributed by atoms with Gasteiger partial charge in [-0.25, -0.2) is 0 Å². The second-order valence-electron chi connectivity index (χ2n) is 7.58. The number of hydrogen-bond donors (Lipinski definition) is 2. The number of H-pyrrole nitrogens is 1. The molecule has 158 valence electrons. The molecule has 2 heterocycles. The highest BCUT2D eigenvalue weighted by molar-refractivity contribution is 7.86. The van der Waals surface area contributed by atoms with Gasteiger partial charge in [0.1, 0.15) is 0 Å². The van der Waals surface area contributed by atoms with E-state index >= 15 is 0 Å². The van der Waals surface area contributed by atoms with Gasteiger partial charge in [-0.2, -0.15) is 8.42 Å². The van der Waals surface area contributed by atoms with Gasteiger partial charge in [-0.1, -0.05) is 12.1 Å². The van der Waals surface area contributed by atoms with Gasteiger partial charge in [0.15, 0.2) is 11.5 Å². The molecule has 0 spiro atoms. The van der Waals surface area contributed by atoms with E-state index in [1.807, 2.05) is 32.3 Å². The molecule has 0 atom stereocenters. The summed E-state index contributed by atoms with van der Waals surface area (Å²) in [6.45, 7) is 0.938. The summed E-state index contributed by atoms with van der Waals surface area (Å²) < 4.78 is 34.1. The molecule has 0 saturated carbocycles. The fourth-order valence-electron chi connectivity index (χ4n) is 3.83. The molecule has 0 aliphatic carbocycles. The molecule has 1 aromatic heterocycles. The second kappa shape index (κ2) is 7.33. The Morgan fingerprint density at radius 2 is 1.97 bits per heavy atom. The van der Waals surface area contributed by atoms with E-state index in [-0.39, 0.29) is 24.0 Å². The first kappa shape index (κ1) is 20.2. The highest BCUT2D eigenvalue weighted by Gasteiger charge is 2.32. The van der Waals surface area contributed by atoms with Gasteiger partial charge in [-0.05, 0) is 37.9 Å². The van der Waals surface area contributed by atoms with Crippen LogP contribution in [0, 0.1) is 0 Å². The van der Waals surface area contributed by atoms with Crippen LogP contribution in [0.5, 0.6) is 11.5 Å². The Morgan fingerprint density at radius 1 is 1.20 bits per heavy atom. The van der Waals surface area contributed by atoms with E-state index in [2.05, 4.69) is 21.3 Å². The zero-order chi connectivity index (χ0) is 21.6. The van der Waals surface area contributed by atoms with Crippen LogP contribution < -0.4 is 14.2 Å². The summed E-state index contributed by atoms with van der Waals surface area (Å²) in [7, 11) is 1.66. The van der Waals surface area contributed by atoms with Gasteiger partial charge in [0, 0.05) is 40.8 Å². The molecule has 0 saturated heterocycles. The number of rotatable bonds is 6. The Kier molecular flexibility index (Phi) is 4.95. The van der Waals surface area contributed by atoms with Gasteiger partial charge in [0.25, 0.3) is 5.91 Å². The molecular weight excluding hydrogens is 406 g/mol. The Hall–Kier alpha value is -3.04. The largest absolute Gasteiger partial charge is 0.493 e. The van der Waals surface area contributed by atoms with Crippen LogP contribution >= 0.6 is 0 Å². The maximum Gasteiger partial charge on any atom is 0.306 e. The SMILES string of the molecule is COc1cc(-c2cc3c(CN(C)C)cccc3[nH]2)c2c(c1OS(C)(=O)=O)CNC2=O. The molecule has 1 amide bonds. The van der Waals surface area contributed by atoms with Crippen molar-refractivity contribution >= 4 is 26.9 Å². The summed E-state index contributed by atoms with van der Waals surface area (Å²) in [4.78, 5) is 18.1. The Bertz CT molecular complexity index is 1260. The maximum absolute atomic E-state index is 12.6. The smallest absolute Gasteiger partial charge is 0.306 e. The van der Waals surface area contributed by atoms with Crippen molar-refractivity contribution in [3.05, 3.63) is 47.0 Å². The lowest BCUT2D eigenvalue weighted by molar-refractivity contribution is 0.0966. The van der Waals surface area contributed by atoms with Crippen LogP contribution in [0.2, 0.25) is 0 Å². The number of benzene rings is 2. The normalized spacial score (nSPS) is 13.6. The minimum atomic E-state index is -3.80. The number of hydrogen-bond acceptors (Lipinski definition) is 6. The van der Waals surface area contributed by atoms with E-state index in [1.165, 1.54) is 7.11 Å². The third kappa shape index (κ3) is 3.61. The molecule has 0 unspecified atom stereocenters. The van der Waals surface area contributed by atoms with Gasteiger partial charge in [-0.3, -0.25) is 4.79 Å². The van der Waals surface area contributed by atoms with Crippen molar-refractivity contribution in [2.45, 2.75) is 13.1 Å². The van der Waals surface area contributed by atoms with E-state index in [0.717, 1.165) is 35.0 Å². The average Bonchev–Trinajstić information content (AvgIpc) is 3.25. The second-order valence-corrected chi connectivity index (χ2v) is 9.15. The molecule has 0 bridgehead atoms. The van der Waals surface area contributed by atoms with E-state index in [9.17, 15) is 13.2 Å².